The van der Waals surface area contributed by atoms with Gasteiger partial charge in [-0.2, -0.15) is 0 Å². The lowest BCUT2D eigenvalue weighted by Crippen LogP contribution is -2.53. The molecule has 0 unspecified atom stereocenters. The van der Waals surface area contributed by atoms with Gasteiger partial charge in [0, 0.05) is 22.6 Å². The van der Waals surface area contributed by atoms with Crippen molar-refractivity contribution >= 4 is 62.3 Å². The first-order valence-corrected chi connectivity index (χ1v) is 15.4. The minimum absolute atomic E-state index is 0.0235. The van der Waals surface area contributed by atoms with E-state index in [1.54, 1.807) is 49.4 Å². The van der Waals surface area contributed by atoms with Crippen LogP contribution in [0, 0.1) is 0 Å². The van der Waals surface area contributed by atoms with E-state index in [9.17, 15) is 18.0 Å². The minimum atomic E-state index is -4.25. The molecule has 0 aromatic heterocycles. The largest absolute Gasteiger partial charge is 0.352 e. The molecule has 0 saturated carbocycles. The Bertz CT molecular complexity index is 1420. The average molecular weight is 625 g/mol. The molecule has 0 aliphatic carbocycles. The summed E-state index contributed by atoms with van der Waals surface area (Å²) in [4.78, 5) is 28.8. The fourth-order valence-corrected chi connectivity index (χ4v) is 6.07. The van der Waals surface area contributed by atoms with Gasteiger partial charge in [-0.15, -0.1) is 0 Å². The number of nitrogens with zero attached hydrogens (tertiary/aromatic N) is 2. The van der Waals surface area contributed by atoms with Crippen molar-refractivity contribution in [1.29, 1.82) is 0 Å². The Morgan fingerprint density at radius 3 is 2.10 bits per heavy atom. The molecule has 0 heterocycles. The van der Waals surface area contributed by atoms with Crippen LogP contribution in [0.2, 0.25) is 15.1 Å². The van der Waals surface area contributed by atoms with Crippen LogP contribution < -0.4 is 9.62 Å². The number of amides is 2. The lowest BCUT2D eigenvalue weighted by molar-refractivity contribution is -0.140. The summed E-state index contributed by atoms with van der Waals surface area (Å²) in [6, 6.07) is 18.1. The Morgan fingerprint density at radius 1 is 0.875 bits per heavy atom. The smallest absolute Gasteiger partial charge is 0.264 e. The Kier molecular flexibility index (Phi) is 11.3. The first-order valence-electron chi connectivity index (χ1n) is 12.8. The maximum atomic E-state index is 14.1. The molecule has 214 valence electrons. The van der Waals surface area contributed by atoms with Crippen LogP contribution >= 0.6 is 34.8 Å². The van der Waals surface area contributed by atoms with Crippen molar-refractivity contribution in [3.8, 4) is 0 Å². The number of halogens is 3. The normalized spacial score (nSPS) is 12.8. The van der Waals surface area contributed by atoms with Gasteiger partial charge in [0.25, 0.3) is 10.0 Å². The Labute approximate surface area is 251 Å². The molecule has 11 heteroatoms. The molecule has 0 fully saturated rings. The first-order chi connectivity index (χ1) is 19.0. The van der Waals surface area contributed by atoms with E-state index < -0.39 is 28.5 Å². The van der Waals surface area contributed by atoms with Gasteiger partial charge in [-0.1, -0.05) is 79.0 Å². The number of carbonyl (C=O) groups excluding carboxylic acids is 2. The number of benzene rings is 3. The van der Waals surface area contributed by atoms with E-state index in [0.717, 1.165) is 9.87 Å². The molecule has 0 aliphatic heterocycles. The average Bonchev–Trinajstić information content (AvgIpc) is 2.94. The third-order valence-corrected chi connectivity index (χ3v) is 9.02. The van der Waals surface area contributed by atoms with Gasteiger partial charge in [0.05, 0.1) is 15.6 Å². The fourth-order valence-electron chi connectivity index (χ4n) is 4.06. The third kappa shape index (κ3) is 7.91. The van der Waals surface area contributed by atoms with Crippen LogP contribution in [0.4, 0.5) is 5.69 Å². The molecule has 0 bridgehead atoms. The van der Waals surface area contributed by atoms with E-state index in [-0.39, 0.29) is 39.1 Å². The maximum Gasteiger partial charge on any atom is 0.264 e. The van der Waals surface area contributed by atoms with Gasteiger partial charge in [-0.05, 0) is 67.8 Å². The summed E-state index contributed by atoms with van der Waals surface area (Å²) in [5.74, 6) is -0.908. The number of nitrogens with one attached hydrogen (secondary N) is 1. The summed E-state index contributed by atoms with van der Waals surface area (Å²) in [5, 5.41) is 3.82. The van der Waals surface area contributed by atoms with Crippen LogP contribution in [0.15, 0.2) is 77.7 Å². The highest BCUT2D eigenvalue weighted by atomic mass is 35.5. The van der Waals surface area contributed by atoms with Crippen LogP contribution in [-0.4, -0.2) is 43.8 Å². The summed E-state index contributed by atoms with van der Waals surface area (Å²) in [5.41, 5.74) is 0.778. The van der Waals surface area contributed by atoms with Gasteiger partial charge in [0.2, 0.25) is 11.8 Å². The van der Waals surface area contributed by atoms with Crippen molar-refractivity contribution in [2.75, 3.05) is 10.8 Å². The van der Waals surface area contributed by atoms with E-state index >= 15 is 0 Å². The van der Waals surface area contributed by atoms with Crippen molar-refractivity contribution in [2.45, 2.75) is 57.1 Å². The van der Waals surface area contributed by atoms with Crippen LogP contribution in [0.1, 0.15) is 39.2 Å². The third-order valence-electron chi connectivity index (χ3n) is 6.44. The van der Waals surface area contributed by atoms with Gasteiger partial charge < -0.3 is 10.2 Å². The van der Waals surface area contributed by atoms with Gasteiger partial charge in [-0.25, -0.2) is 8.42 Å². The molecule has 7 nitrogen and oxygen atoms in total. The van der Waals surface area contributed by atoms with Crippen molar-refractivity contribution in [3.63, 3.8) is 0 Å². The van der Waals surface area contributed by atoms with Gasteiger partial charge in [0.15, 0.2) is 0 Å². The molecule has 0 spiro atoms. The zero-order valence-corrected chi connectivity index (χ0v) is 25.6. The number of anilines is 1. The monoisotopic (exact) mass is 623 g/mol. The predicted molar refractivity (Wildman–Crippen MR) is 161 cm³/mol. The van der Waals surface area contributed by atoms with Crippen molar-refractivity contribution in [1.82, 2.24) is 10.2 Å². The Morgan fingerprint density at radius 2 is 1.50 bits per heavy atom. The number of carbonyl (C=O) groups is 2. The highest BCUT2D eigenvalue weighted by Crippen LogP contribution is 2.33. The molecule has 0 aliphatic rings. The molecule has 3 rings (SSSR count). The van der Waals surface area contributed by atoms with E-state index in [0.29, 0.717) is 17.9 Å². The summed E-state index contributed by atoms with van der Waals surface area (Å²) in [6.07, 6.45) is 1.02. The molecular formula is C29H32Cl3N3O4S. The van der Waals surface area contributed by atoms with E-state index in [4.69, 9.17) is 34.8 Å². The lowest BCUT2D eigenvalue weighted by atomic mass is 10.1. The number of sulfonamides is 1. The summed E-state index contributed by atoms with van der Waals surface area (Å²) in [7, 11) is -4.25. The zero-order valence-electron chi connectivity index (χ0n) is 22.5. The van der Waals surface area contributed by atoms with Crippen LogP contribution in [0.25, 0.3) is 0 Å². The zero-order chi connectivity index (χ0) is 29.4. The number of hydrogen-bond donors (Lipinski definition) is 1. The predicted octanol–water partition coefficient (Wildman–Crippen LogP) is 6.56. The first kappa shape index (κ1) is 31.7. The highest BCUT2D eigenvalue weighted by Gasteiger charge is 2.34. The van der Waals surface area contributed by atoms with E-state index in [2.05, 4.69) is 5.32 Å². The Hall–Kier alpha value is -2.78. The molecule has 0 saturated heterocycles. The Balaban J connectivity index is 2.08. The van der Waals surface area contributed by atoms with Crippen molar-refractivity contribution < 1.29 is 18.0 Å². The second kappa shape index (κ2) is 14.2. The molecule has 1 N–H and O–H groups in total. The van der Waals surface area contributed by atoms with Crippen molar-refractivity contribution in [3.05, 3.63) is 93.4 Å². The van der Waals surface area contributed by atoms with Crippen LogP contribution in [0.3, 0.4) is 0 Å². The molecule has 3 aromatic carbocycles. The standard InChI is InChI=1S/C29H32Cl3N3O4S/c1-4-20(3)33-29(37)26(5-2)34(18-21-11-13-22(30)14-12-21)28(36)19-35(27-17-23(31)15-16-25(27)32)40(38,39)24-9-7-6-8-10-24/h6-17,20,26H,4-5,18-19H2,1-3H3,(H,33,37)/t20-,26+/m1/s1. The van der Waals surface area contributed by atoms with Crippen LogP contribution in [-0.2, 0) is 26.2 Å². The fraction of sp³-hybridized carbons (Fsp3) is 0.310. The van der Waals surface area contributed by atoms with E-state index in [1.807, 2.05) is 13.8 Å². The molecular weight excluding hydrogens is 593 g/mol. The number of rotatable bonds is 12. The SMILES string of the molecule is CC[C@@H](C)NC(=O)[C@H](CC)N(Cc1ccc(Cl)cc1)C(=O)CN(c1cc(Cl)ccc1Cl)S(=O)(=O)c1ccccc1. The van der Waals surface area contributed by atoms with Crippen LogP contribution in [0.5, 0.6) is 0 Å². The highest BCUT2D eigenvalue weighted by molar-refractivity contribution is 7.92. The molecule has 3 aromatic rings. The minimum Gasteiger partial charge on any atom is -0.352 e. The van der Waals surface area contributed by atoms with Gasteiger partial charge in [0.1, 0.15) is 12.6 Å². The van der Waals surface area contributed by atoms with Crippen molar-refractivity contribution in [2.24, 2.45) is 0 Å². The summed E-state index contributed by atoms with van der Waals surface area (Å²) >= 11 is 18.7. The van der Waals surface area contributed by atoms with Gasteiger partial charge in [-0.3, -0.25) is 13.9 Å². The molecule has 40 heavy (non-hydrogen) atoms. The van der Waals surface area contributed by atoms with E-state index in [1.165, 1.54) is 35.2 Å². The summed E-state index contributed by atoms with van der Waals surface area (Å²) in [6.45, 7) is 5.08. The molecule has 0 radical (unpaired) electrons. The maximum absolute atomic E-state index is 14.1. The second-order valence-corrected chi connectivity index (χ2v) is 12.5. The summed E-state index contributed by atoms with van der Waals surface area (Å²) < 4.78 is 28.7. The number of hydrogen-bond acceptors (Lipinski definition) is 4. The van der Waals surface area contributed by atoms with Gasteiger partial charge >= 0.3 is 0 Å². The molecule has 2 atom stereocenters. The topological polar surface area (TPSA) is 86.8 Å². The second-order valence-electron chi connectivity index (χ2n) is 9.31. The lowest BCUT2D eigenvalue weighted by Gasteiger charge is -2.34. The quantitative estimate of drug-likeness (QED) is 0.247. The molecule has 2 amide bonds.